The van der Waals surface area contributed by atoms with Crippen molar-refractivity contribution in [3.8, 4) is 12.3 Å². The minimum Gasteiger partial charge on any atom is -0.296 e. The monoisotopic (exact) mass is 245 g/mol. The maximum Gasteiger partial charge on any atom is 0.123 e. The molecule has 2 heteroatoms. The summed E-state index contributed by atoms with van der Waals surface area (Å²) in [4.78, 5) is 0. The van der Waals surface area contributed by atoms with Crippen LogP contribution in [-0.2, 0) is 0 Å². The van der Waals surface area contributed by atoms with Gasteiger partial charge in [-0.05, 0) is 42.9 Å². The van der Waals surface area contributed by atoms with E-state index in [1.807, 2.05) is 12.1 Å². The maximum atomic E-state index is 13.0. The van der Waals surface area contributed by atoms with E-state index in [0.717, 1.165) is 18.4 Å². The van der Waals surface area contributed by atoms with Crippen LogP contribution in [0.4, 0.5) is 4.39 Å². The van der Waals surface area contributed by atoms with Crippen molar-refractivity contribution in [1.29, 1.82) is 0 Å². The van der Waals surface area contributed by atoms with E-state index in [1.54, 1.807) is 0 Å². The number of nitrogens with one attached hydrogen (secondary N) is 1. The van der Waals surface area contributed by atoms with E-state index in [-0.39, 0.29) is 17.9 Å². The van der Waals surface area contributed by atoms with Gasteiger partial charge in [0.1, 0.15) is 5.82 Å². The zero-order chi connectivity index (χ0) is 13.0. The van der Waals surface area contributed by atoms with Crippen LogP contribution in [0.25, 0.3) is 0 Å². The maximum absolute atomic E-state index is 13.0. The molecule has 0 radical (unpaired) electrons. The highest BCUT2D eigenvalue weighted by Gasteiger charge is 2.33. The number of benzene rings is 1. The average molecular weight is 245 g/mol. The molecule has 1 aromatic rings. The Morgan fingerprint density at radius 3 is 2.56 bits per heavy atom. The normalized spacial score (nSPS) is 18.1. The van der Waals surface area contributed by atoms with Crippen molar-refractivity contribution in [2.75, 3.05) is 0 Å². The summed E-state index contributed by atoms with van der Waals surface area (Å²) in [6.45, 7) is 2.13. The van der Waals surface area contributed by atoms with Gasteiger partial charge in [-0.25, -0.2) is 4.39 Å². The lowest BCUT2D eigenvalue weighted by Gasteiger charge is -2.23. The first-order chi connectivity index (χ1) is 8.74. The fourth-order valence-corrected chi connectivity index (χ4v) is 2.32. The molecule has 1 nitrogen and oxygen atoms in total. The molecule has 18 heavy (non-hydrogen) atoms. The van der Waals surface area contributed by atoms with Gasteiger partial charge in [0, 0.05) is 6.04 Å². The molecule has 0 aliphatic heterocycles. The van der Waals surface area contributed by atoms with Gasteiger partial charge in [-0.1, -0.05) is 31.4 Å². The van der Waals surface area contributed by atoms with E-state index in [4.69, 9.17) is 6.42 Å². The average Bonchev–Trinajstić information content (AvgIpc) is 3.20. The van der Waals surface area contributed by atoms with Gasteiger partial charge >= 0.3 is 0 Å². The lowest BCUT2D eigenvalue weighted by atomic mass is 10.0. The Labute approximate surface area is 109 Å². The molecule has 1 N–H and O–H groups in total. The second-order valence-corrected chi connectivity index (χ2v) is 5.04. The van der Waals surface area contributed by atoms with Crippen LogP contribution in [0.15, 0.2) is 24.3 Å². The van der Waals surface area contributed by atoms with Gasteiger partial charge in [-0.3, -0.25) is 5.32 Å². The molecule has 0 spiro atoms. The summed E-state index contributed by atoms with van der Waals surface area (Å²) in [7, 11) is 0. The van der Waals surface area contributed by atoms with E-state index in [0.29, 0.717) is 5.92 Å². The minimum absolute atomic E-state index is 0.116. The zero-order valence-corrected chi connectivity index (χ0v) is 10.8. The van der Waals surface area contributed by atoms with Crippen molar-refractivity contribution in [2.45, 2.75) is 44.7 Å². The van der Waals surface area contributed by atoms with Crippen molar-refractivity contribution in [3.63, 3.8) is 0 Å². The molecule has 0 saturated heterocycles. The fourth-order valence-electron chi connectivity index (χ4n) is 2.32. The van der Waals surface area contributed by atoms with Crippen LogP contribution in [0.1, 0.15) is 44.2 Å². The second kappa shape index (κ2) is 6.02. The van der Waals surface area contributed by atoms with Crippen LogP contribution < -0.4 is 5.32 Å². The van der Waals surface area contributed by atoms with Crippen molar-refractivity contribution in [3.05, 3.63) is 35.6 Å². The highest BCUT2D eigenvalue weighted by atomic mass is 19.1. The van der Waals surface area contributed by atoms with Crippen molar-refractivity contribution >= 4 is 0 Å². The highest BCUT2D eigenvalue weighted by Crippen LogP contribution is 2.41. The van der Waals surface area contributed by atoms with Crippen molar-refractivity contribution < 1.29 is 4.39 Å². The van der Waals surface area contributed by atoms with Crippen LogP contribution in [0.5, 0.6) is 0 Å². The number of rotatable bonds is 6. The summed E-state index contributed by atoms with van der Waals surface area (Å²) in [5, 5.41) is 3.54. The van der Waals surface area contributed by atoms with Gasteiger partial charge in [-0.2, -0.15) is 0 Å². The molecule has 2 atom stereocenters. The molecule has 96 valence electrons. The molecule has 1 fully saturated rings. The summed E-state index contributed by atoms with van der Waals surface area (Å²) in [6.07, 6.45) is 10.1. The number of hydrogen-bond donors (Lipinski definition) is 1. The van der Waals surface area contributed by atoms with Crippen LogP contribution in [0, 0.1) is 24.1 Å². The Hall–Kier alpha value is -1.33. The summed E-state index contributed by atoms with van der Waals surface area (Å²) < 4.78 is 13.0. The Morgan fingerprint density at radius 2 is 2.06 bits per heavy atom. The van der Waals surface area contributed by atoms with Gasteiger partial charge in [0.2, 0.25) is 0 Å². The van der Waals surface area contributed by atoms with Crippen molar-refractivity contribution in [1.82, 2.24) is 5.32 Å². The Balaban J connectivity index is 2.08. The molecule has 1 saturated carbocycles. The molecule has 2 unspecified atom stereocenters. The quantitative estimate of drug-likeness (QED) is 0.754. The first kappa shape index (κ1) is 13.1. The lowest BCUT2D eigenvalue weighted by Crippen LogP contribution is -2.32. The molecule has 1 aromatic carbocycles. The summed E-state index contributed by atoms with van der Waals surface area (Å²) in [6, 6.07) is 7.17. The number of hydrogen-bond acceptors (Lipinski definition) is 1. The molecule has 2 rings (SSSR count). The first-order valence-electron chi connectivity index (χ1n) is 6.72. The summed E-state index contributed by atoms with van der Waals surface area (Å²) >= 11 is 0. The van der Waals surface area contributed by atoms with Crippen molar-refractivity contribution in [2.24, 2.45) is 5.92 Å². The third-order valence-corrected chi connectivity index (χ3v) is 3.48. The van der Waals surface area contributed by atoms with E-state index in [1.165, 1.54) is 25.0 Å². The van der Waals surface area contributed by atoms with Gasteiger partial charge in [-0.15, -0.1) is 6.42 Å². The number of terminal acetylenes is 1. The third kappa shape index (κ3) is 3.34. The molecule has 1 aliphatic rings. The Kier molecular flexibility index (Phi) is 4.38. The second-order valence-electron chi connectivity index (χ2n) is 5.04. The van der Waals surface area contributed by atoms with Gasteiger partial charge in [0.05, 0.1) is 6.04 Å². The summed E-state index contributed by atoms with van der Waals surface area (Å²) in [5.74, 6) is 3.28. The SMILES string of the molecule is C#CC(CCC)NC(c1ccc(F)cc1)C1CC1. The van der Waals surface area contributed by atoms with Crippen LogP contribution in [0.3, 0.4) is 0 Å². The third-order valence-electron chi connectivity index (χ3n) is 3.48. The molecule has 0 heterocycles. The standard InChI is InChI=1S/C16H20FN/c1-3-5-15(4-2)18-16(12-6-7-12)13-8-10-14(17)11-9-13/h2,8-12,15-16,18H,3,5-7H2,1H3. The number of halogens is 1. The predicted molar refractivity (Wildman–Crippen MR) is 72.5 cm³/mol. The predicted octanol–water partition coefficient (Wildman–Crippen LogP) is 3.67. The van der Waals surface area contributed by atoms with E-state index >= 15 is 0 Å². The molecule has 0 aromatic heterocycles. The van der Waals surface area contributed by atoms with Crippen LogP contribution in [-0.4, -0.2) is 6.04 Å². The van der Waals surface area contributed by atoms with Crippen LogP contribution in [0.2, 0.25) is 0 Å². The molecular weight excluding hydrogens is 225 g/mol. The molecule has 0 bridgehead atoms. The van der Waals surface area contributed by atoms with Gasteiger partial charge < -0.3 is 0 Å². The molecule has 1 aliphatic carbocycles. The fraction of sp³-hybridized carbons (Fsp3) is 0.500. The topological polar surface area (TPSA) is 12.0 Å². The minimum atomic E-state index is -0.185. The first-order valence-corrected chi connectivity index (χ1v) is 6.72. The highest BCUT2D eigenvalue weighted by molar-refractivity contribution is 5.23. The molecular formula is C16H20FN. The van der Waals surface area contributed by atoms with Crippen LogP contribution >= 0.6 is 0 Å². The zero-order valence-electron chi connectivity index (χ0n) is 10.8. The lowest BCUT2D eigenvalue weighted by molar-refractivity contribution is 0.432. The van der Waals surface area contributed by atoms with E-state index in [9.17, 15) is 4.39 Å². The van der Waals surface area contributed by atoms with Gasteiger partial charge in [0.25, 0.3) is 0 Å². The van der Waals surface area contributed by atoms with E-state index in [2.05, 4.69) is 18.2 Å². The molecule has 0 amide bonds. The Morgan fingerprint density at radius 1 is 1.39 bits per heavy atom. The Bertz CT molecular complexity index is 414. The summed E-state index contributed by atoms with van der Waals surface area (Å²) in [5.41, 5.74) is 1.15. The van der Waals surface area contributed by atoms with E-state index < -0.39 is 0 Å². The van der Waals surface area contributed by atoms with Gasteiger partial charge in [0.15, 0.2) is 0 Å². The largest absolute Gasteiger partial charge is 0.296 e. The smallest absolute Gasteiger partial charge is 0.123 e.